The standard InChI is InChI=1S/C15H20ClFN4/c1-2-5-20-6-3-10(4-7-20)21-14-8-11(16)12(17)9-13(14)19-15(21)18/h8-10H,2-7H2,1H3,(H2,18,19). The molecule has 0 atom stereocenters. The van der Waals surface area contributed by atoms with Crippen LogP contribution in [0.25, 0.3) is 11.0 Å². The topological polar surface area (TPSA) is 47.1 Å². The zero-order valence-corrected chi connectivity index (χ0v) is 12.9. The Labute approximate surface area is 128 Å². The molecule has 0 saturated carbocycles. The summed E-state index contributed by atoms with van der Waals surface area (Å²) in [7, 11) is 0. The number of nitrogen functional groups attached to an aromatic ring is 1. The normalized spacial score (nSPS) is 17.7. The predicted octanol–water partition coefficient (Wildman–Crippen LogP) is 3.46. The molecule has 0 aliphatic carbocycles. The van der Waals surface area contributed by atoms with E-state index in [9.17, 15) is 4.39 Å². The van der Waals surface area contributed by atoms with Crippen molar-refractivity contribution in [3.8, 4) is 0 Å². The smallest absolute Gasteiger partial charge is 0.201 e. The van der Waals surface area contributed by atoms with Gasteiger partial charge in [-0.05, 0) is 31.9 Å². The molecule has 0 unspecified atom stereocenters. The first-order chi connectivity index (χ1) is 10.1. The van der Waals surface area contributed by atoms with Crippen LogP contribution in [0.3, 0.4) is 0 Å². The fourth-order valence-electron chi connectivity index (χ4n) is 3.21. The third-order valence-corrected chi connectivity index (χ3v) is 4.51. The fraction of sp³-hybridized carbons (Fsp3) is 0.533. The summed E-state index contributed by atoms with van der Waals surface area (Å²) >= 11 is 5.91. The Hall–Kier alpha value is -1.33. The maximum absolute atomic E-state index is 13.5. The number of aromatic nitrogens is 2. The van der Waals surface area contributed by atoms with Crippen LogP contribution in [0, 0.1) is 5.82 Å². The highest BCUT2D eigenvalue weighted by Gasteiger charge is 2.24. The maximum Gasteiger partial charge on any atom is 0.201 e. The molecule has 1 aromatic carbocycles. The average Bonchev–Trinajstić information content (AvgIpc) is 2.76. The Morgan fingerprint density at radius 1 is 1.38 bits per heavy atom. The van der Waals surface area contributed by atoms with Crippen molar-refractivity contribution in [3.05, 3.63) is 23.0 Å². The van der Waals surface area contributed by atoms with Gasteiger partial charge in [0.15, 0.2) is 0 Å². The van der Waals surface area contributed by atoms with Gasteiger partial charge in [-0.1, -0.05) is 18.5 Å². The van der Waals surface area contributed by atoms with Crippen molar-refractivity contribution in [1.82, 2.24) is 14.5 Å². The van der Waals surface area contributed by atoms with Gasteiger partial charge in [-0.3, -0.25) is 0 Å². The molecule has 2 aromatic rings. The lowest BCUT2D eigenvalue weighted by Gasteiger charge is -2.33. The number of likely N-dealkylation sites (tertiary alicyclic amines) is 1. The number of nitrogens with two attached hydrogens (primary N) is 1. The van der Waals surface area contributed by atoms with Crippen LogP contribution in [0.4, 0.5) is 10.3 Å². The van der Waals surface area contributed by atoms with Crippen LogP contribution in [-0.2, 0) is 0 Å². The van der Waals surface area contributed by atoms with E-state index in [1.165, 1.54) is 12.5 Å². The lowest BCUT2D eigenvalue weighted by molar-refractivity contribution is 0.189. The molecular formula is C15H20ClFN4. The first-order valence-electron chi connectivity index (χ1n) is 7.45. The highest BCUT2D eigenvalue weighted by Crippen LogP contribution is 2.32. The Kier molecular flexibility index (Phi) is 4.04. The lowest BCUT2D eigenvalue weighted by Crippen LogP contribution is -2.35. The molecule has 21 heavy (non-hydrogen) atoms. The van der Waals surface area contributed by atoms with E-state index in [1.807, 2.05) is 4.57 Å². The monoisotopic (exact) mass is 310 g/mol. The predicted molar refractivity (Wildman–Crippen MR) is 84.1 cm³/mol. The molecule has 4 nitrogen and oxygen atoms in total. The largest absolute Gasteiger partial charge is 0.369 e. The number of imidazole rings is 1. The first-order valence-corrected chi connectivity index (χ1v) is 7.82. The zero-order valence-electron chi connectivity index (χ0n) is 12.1. The van der Waals surface area contributed by atoms with Crippen LogP contribution < -0.4 is 5.73 Å². The van der Waals surface area contributed by atoms with Gasteiger partial charge in [-0.25, -0.2) is 9.37 Å². The van der Waals surface area contributed by atoms with Crippen molar-refractivity contribution >= 4 is 28.6 Å². The van der Waals surface area contributed by atoms with Crippen molar-refractivity contribution in [1.29, 1.82) is 0 Å². The molecule has 1 saturated heterocycles. The summed E-state index contributed by atoms with van der Waals surface area (Å²) in [4.78, 5) is 6.74. The molecule has 0 amide bonds. The van der Waals surface area contributed by atoms with Gasteiger partial charge in [-0.2, -0.15) is 0 Å². The van der Waals surface area contributed by atoms with Gasteiger partial charge in [0.1, 0.15) is 5.82 Å². The number of anilines is 1. The van der Waals surface area contributed by atoms with Crippen LogP contribution in [0.5, 0.6) is 0 Å². The minimum absolute atomic E-state index is 0.118. The highest BCUT2D eigenvalue weighted by molar-refractivity contribution is 6.31. The van der Waals surface area contributed by atoms with Gasteiger partial charge in [-0.15, -0.1) is 0 Å². The Morgan fingerprint density at radius 2 is 2.10 bits per heavy atom. The van der Waals surface area contributed by atoms with E-state index in [0.717, 1.165) is 38.0 Å². The van der Waals surface area contributed by atoms with Gasteiger partial charge < -0.3 is 15.2 Å². The lowest BCUT2D eigenvalue weighted by atomic mass is 10.0. The minimum Gasteiger partial charge on any atom is -0.369 e. The van der Waals surface area contributed by atoms with Gasteiger partial charge in [0, 0.05) is 25.2 Å². The van der Waals surface area contributed by atoms with Gasteiger partial charge >= 0.3 is 0 Å². The number of benzene rings is 1. The molecule has 3 rings (SSSR count). The van der Waals surface area contributed by atoms with E-state index >= 15 is 0 Å². The van der Waals surface area contributed by atoms with E-state index in [0.29, 0.717) is 17.5 Å². The number of nitrogens with zero attached hydrogens (tertiary/aromatic N) is 3. The van der Waals surface area contributed by atoms with Crippen LogP contribution in [0.1, 0.15) is 32.2 Å². The summed E-state index contributed by atoms with van der Waals surface area (Å²) in [5.41, 5.74) is 7.45. The van der Waals surface area contributed by atoms with E-state index in [1.54, 1.807) is 6.07 Å². The molecule has 0 radical (unpaired) electrons. The van der Waals surface area contributed by atoms with Crippen LogP contribution >= 0.6 is 11.6 Å². The fourth-order valence-corrected chi connectivity index (χ4v) is 3.37. The molecule has 6 heteroatoms. The maximum atomic E-state index is 13.5. The van der Waals surface area contributed by atoms with E-state index in [2.05, 4.69) is 16.8 Å². The molecule has 2 N–H and O–H groups in total. The number of piperidine rings is 1. The van der Waals surface area contributed by atoms with Gasteiger partial charge in [0.25, 0.3) is 0 Å². The second-order valence-electron chi connectivity index (χ2n) is 5.67. The number of hydrogen-bond donors (Lipinski definition) is 1. The van der Waals surface area contributed by atoms with Crippen molar-refractivity contribution in [2.75, 3.05) is 25.4 Å². The summed E-state index contributed by atoms with van der Waals surface area (Å²) in [6, 6.07) is 3.30. The van der Waals surface area contributed by atoms with E-state index < -0.39 is 5.82 Å². The van der Waals surface area contributed by atoms with Crippen LogP contribution in [-0.4, -0.2) is 34.1 Å². The average molecular weight is 311 g/mol. The Bertz CT molecular complexity index is 647. The first kappa shape index (κ1) is 14.6. The Balaban J connectivity index is 1.90. The third-order valence-electron chi connectivity index (χ3n) is 4.22. The Morgan fingerprint density at radius 3 is 2.76 bits per heavy atom. The highest BCUT2D eigenvalue weighted by atomic mass is 35.5. The number of halogens is 2. The van der Waals surface area contributed by atoms with Crippen molar-refractivity contribution in [2.45, 2.75) is 32.2 Å². The number of hydrogen-bond acceptors (Lipinski definition) is 3. The summed E-state index contributed by atoms with van der Waals surface area (Å²) in [5.74, 6) is -0.00723. The van der Waals surface area contributed by atoms with Gasteiger partial charge in [0.2, 0.25) is 5.95 Å². The molecular weight excluding hydrogens is 291 g/mol. The summed E-state index contributed by atoms with van der Waals surface area (Å²) < 4.78 is 15.6. The minimum atomic E-state index is -0.452. The summed E-state index contributed by atoms with van der Waals surface area (Å²) in [6.45, 7) is 5.47. The zero-order chi connectivity index (χ0) is 15.0. The number of fused-ring (bicyclic) bond motifs is 1. The second-order valence-corrected chi connectivity index (χ2v) is 6.08. The van der Waals surface area contributed by atoms with Crippen molar-refractivity contribution < 1.29 is 4.39 Å². The second kappa shape index (κ2) is 5.81. The van der Waals surface area contributed by atoms with E-state index in [4.69, 9.17) is 17.3 Å². The molecule has 1 fully saturated rings. The third kappa shape index (κ3) is 2.72. The molecule has 114 valence electrons. The molecule has 0 spiro atoms. The molecule has 2 heterocycles. The quantitative estimate of drug-likeness (QED) is 0.944. The molecule has 1 aromatic heterocycles. The molecule has 0 bridgehead atoms. The van der Waals surface area contributed by atoms with Crippen molar-refractivity contribution in [3.63, 3.8) is 0 Å². The van der Waals surface area contributed by atoms with Gasteiger partial charge in [0.05, 0.1) is 16.1 Å². The van der Waals surface area contributed by atoms with Crippen LogP contribution in [0.2, 0.25) is 5.02 Å². The summed E-state index contributed by atoms with van der Waals surface area (Å²) in [6.07, 6.45) is 3.24. The number of rotatable bonds is 3. The van der Waals surface area contributed by atoms with Crippen LogP contribution in [0.15, 0.2) is 12.1 Å². The molecule has 1 aliphatic rings. The SMILES string of the molecule is CCCN1CCC(n2c(N)nc3cc(F)c(Cl)cc32)CC1. The summed E-state index contributed by atoms with van der Waals surface area (Å²) in [5, 5.41) is 0.118. The van der Waals surface area contributed by atoms with E-state index in [-0.39, 0.29) is 5.02 Å². The van der Waals surface area contributed by atoms with Crippen molar-refractivity contribution in [2.24, 2.45) is 0 Å². The molecule has 1 aliphatic heterocycles.